The van der Waals surface area contributed by atoms with E-state index in [1.807, 2.05) is 13.8 Å². The zero-order valence-electron chi connectivity index (χ0n) is 11.5. The lowest BCUT2D eigenvalue weighted by atomic mass is 10.2. The van der Waals surface area contributed by atoms with Gasteiger partial charge < -0.3 is 10.2 Å². The Balaban J connectivity index is 2.63. The lowest BCUT2D eigenvalue weighted by molar-refractivity contribution is -0.142. The molecule has 4 nitrogen and oxygen atoms in total. The molecule has 0 aliphatic heterocycles. The van der Waals surface area contributed by atoms with Crippen LogP contribution in [0.4, 0.5) is 5.69 Å². The number of nitrogens with one attached hydrogen (secondary N) is 1. The number of anilines is 1. The number of rotatable bonds is 4. The normalized spacial score (nSPS) is 10.1. The summed E-state index contributed by atoms with van der Waals surface area (Å²) in [5, 5.41) is 3.11. The van der Waals surface area contributed by atoms with Gasteiger partial charge in [0.1, 0.15) is 0 Å². The molecule has 0 fully saturated rings. The van der Waals surface area contributed by atoms with Crippen LogP contribution >= 0.6 is 11.6 Å². The van der Waals surface area contributed by atoms with E-state index in [9.17, 15) is 9.59 Å². The number of benzene rings is 1. The van der Waals surface area contributed by atoms with E-state index in [1.165, 1.54) is 4.90 Å². The molecule has 5 heteroatoms. The number of halogens is 1. The smallest absolute Gasteiger partial charge is 0.313 e. The summed E-state index contributed by atoms with van der Waals surface area (Å²) in [4.78, 5) is 25.0. The van der Waals surface area contributed by atoms with Gasteiger partial charge >= 0.3 is 11.8 Å². The molecular formula is C14H19ClN2O2. The van der Waals surface area contributed by atoms with Crippen molar-refractivity contribution in [3.63, 3.8) is 0 Å². The number of hydrogen-bond donors (Lipinski definition) is 1. The summed E-state index contributed by atoms with van der Waals surface area (Å²) in [6, 6.07) is 5.15. The third-order valence-corrected chi connectivity index (χ3v) is 3.22. The Kier molecular flexibility index (Phi) is 5.83. The van der Waals surface area contributed by atoms with Gasteiger partial charge in [0.2, 0.25) is 0 Å². The van der Waals surface area contributed by atoms with Gasteiger partial charge in [0.05, 0.1) is 0 Å². The first-order valence-electron chi connectivity index (χ1n) is 6.28. The molecule has 0 unspecified atom stereocenters. The molecule has 0 heterocycles. The van der Waals surface area contributed by atoms with E-state index in [0.29, 0.717) is 17.3 Å². The Bertz CT molecular complexity index is 475. The summed E-state index contributed by atoms with van der Waals surface area (Å²) in [5.41, 5.74) is 1.45. The van der Waals surface area contributed by atoms with Crippen LogP contribution in [0, 0.1) is 6.92 Å². The maximum Gasteiger partial charge on any atom is 0.313 e. The van der Waals surface area contributed by atoms with Crippen molar-refractivity contribution in [1.29, 1.82) is 0 Å². The third-order valence-electron chi connectivity index (χ3n) is 2.82. The largest absolute Gasteiger partial charge is 0.338 e. The van der Waals surface area contributed by atoms with Crippen molar-refractivity contribution in [3.8, 4) is 0 Å². The van der Waals surface area contributed by atoms with Crippen LogP contribution in [-0.4, -0.2) is 30.3 Å². The molecule has 1 rings (SSSR count). The Morgan fingerprint density at radius 1 is 1.37 bits per heavy atom. The highest BCUT2D eigenvalue weighted by Crippen LogP contribution is 2.19. The first-order valence-corrected chi connectivity index (χ1v) is 6.66. The predicted octanol–water partition coefficient (Wildman–Crippen LogP) is 2.85. The number of aryl methyl sites for hydroxylation is 1. The Morgan fingerprint density at radius 2 is 2.05 bits per heavy atom. The van der Waals surface area contributed by atoms with Gasteiger partial charge in [-0.25, -0.2) is 0 Å². The Hall–Kier alpha value is -1.55. The summed E-state index contributed by atoms with van der Waals surface area (Å²) in [7, 11) is 1.62. The average Bonchev–Trinajstić information content (AvgIpc) is 2.39. The van der Waals surface area contributed by atoms with E-state index >= 15 is 0 Å². The van der Waals surface area contributed by atoms with Gasteiger partial charge in [-0.2, -0.15) is 0 Å². The topological polar surface area (TPSA) is 49.4 Å². The molecule has 0 bridgehead atoms. The van der Waals surface area contributed by atoms with Gasteiger partial charge in [0.25, 0.3) is 0 Å². The average molecular weight is 283 g/mol. The summed E-state index contributed by atoms with van der Waals surface area (Å²) >= 11 is 5.96. The van der Waals surface area contributed by atoms with Crippen molar-refractivity contribution in [2.24, 2.45) is 0 Å². The van der Waals surface area contributed by atoms with E-state index in [1.54, 1.807) is 25.2 Å². The van der Waals surface area contributed by atoms with Crippen LogP contribution < -0.4 is 5.32 Å². The number of carbonyl (C=O) groups is 2. The fourth-order valence-electron chi connectivity index (χ4n) is 1.53. The number of unbranched alkanes of at least 4 members (excludes halogenated alkanes) is 1. The van der Waals surface area contributed by atoms with Crippen molar-refractivity contribution in [2.45, 2.75) is 26.7 Å². The Morgan fingerprint density at radius 3 is 2.63 bits per heavy atom. The first-order chi connectivity index (χ1) is 8.95. The predicted molar refractivity (Wildman–Crippen MR) is 77.4 cm³/mol. The van der Waals surface area contributed by atoms with Gasteiger partial charge in [-0.05, 0) is 31.0 Å². The minimum atomic E-state index is -0.640. The zero-order chi connectivity index (χ0) is 14.4. The highest BCUT2D eigenvalue weighted by atomic mass is 35.5. The minimum Gasteiger partial charge on any atom is -0.338 e. The maximum atomic E-state index is 11.8. The van der Waals surface area contributed by atoms with Crippen LogP contribution in [0.2, 0.25) is 5.02 Å². The summed E-state index contributed by atoms with van der Waals surface area (Å²) in [5.74, 6) is -1.18. The molecule has 1 aromatic carbocycles. The van der Waals surface area contributed by atoms with Crippen molar-refractivity contribution >= 4 is 29.1 Å². The van der Waals surface area contributed by atoms with Crippen molar-refractivity contribution < 1.29 is 9.59 Å². The van der Waals surface area contributed by atoms with Crippen LogP contribution in [0.3, 0.4) is 0 Å². The number of likely N-dealkylation sites (N-methyl/N-ethyl adjacent to an activating group) is 1. The van der Waals surface area contributed by atoms with Gasteiger partial charge in [-0.15, -0.1) is 0 Å². The maximum absolute atomic E-state index is 11.8. The molecule has 1 N–H and O–H groups in total. The summed E-state index contributed by atoms with van der Waals surface area (Å²) in [6.07, 6.45) is 1.86. The van der Waals surface area contributed by atoms with E-state index in [0.717, 1.165) is 18.4 Å². The van der Waals surface area contributed by atoms with Gasteiger partial charge in [0, 0.05) is 24.3 Å². The van der Waals surface area contributed by atoms with E-state index in [4.69, 9.17) is 11.6 Å². The fourth-order valence-corrected chi connectivity index (χ4v) is 1.71. The highest BCUT2D eigenvalue weighted by molar-refractivity contribution is 6.39. The van der Waals surface area contributed by atoms with Crippen LogP contribution in [0.1, 0.15) is 25.3 Å². The van der Waals surface area contributed by atoms with Crippen LogP contribution in [-0.2, 0) is 9.59 Å². The molecule has 0 aliphatic rings. The summed E-state index contributed by atoms with van der Waals surface area (Å²) < 4.78 is 0. The number of amides is 2. The molecule has 104 valence electrons. The van der Waals surface area contributed by atoms with Crippen LogP contribution in [0.15, 0.2) is 18.2 Å². The van der Waals surface area contributed by atoms with Gasteiger partial charge in [0.15, 0.2) is 0 Å². The van der Waals surface area contributed by atoms with E-state index in [-0.39, 0.29) is 0 Å². The van der Waals surface area contributed by atoms with Crippen molar-refractivity contribution in [2.75, 3.05) is 18.9 Å². The lowest BCUT2D eigenvalue weighted by Gasteiger charge is -2.16. The summed E-state index contributed by atoms with van der Waals surface area (Å²) in [6.45, 7) is 4.49. The SMILES string of the molecule is CCCCN(C)C(=O)C(=O)Nc1ccc(C)c(Cl)c1. The molecule has 1 aromatic rings. The molecule has 0 radical (unpaired) electrons. The Labute approximate surface area is 118 Å². The van der Waals surface area contributed by atoms with Crippen molar-refractivity contribution in [1.82, 2.24) is 4.90 Å². The fraction of sp³-hybridized carbons (Fsp3) is 0.429. The van der Waals surface area contributed by atoms with Gasteiger partial charge in [-0.1, -0.05) is 31.0 Å². The quantitative estimate of drug-likeness (QED) is 0.863. The molecule has 0 spiro atoms. The third kappa shape index (κ3) is 4.56. The number of carbonyl (C=O) groups excluding carboxylic acids is 2. The molecule has 0 aromatic heterocycles. The molecule has 0 saturated carbocycles. The van der Waals surface area contributed by atoms with Crippen LogP contribution in [0.25, 0.3) is 0 Å². The monoisotopic (exact) mass is 282 g/mol. The van der Waals surface area contributed by atoms with E-state index in [2.05, 4.69) is 5.32 Å². The first kappa shape index (κ1) is 15.5. The second-order valence-corrected chi connectivity index (χ2v) is 4.91. The highest BCUT2D eigenvalue weighted by Gasteiger charge is 2.18. The van der Waals surface area contributed by atoms with Crippen LogP contribution in [0.5, 0.6) is 0 Å². The van der Waals surface area contributed by atoms with E-state index < -0.39 is 11.8 Å². The second-order valence-electron chi connectivity index (χ2n) is 4.50. The molecule has 0 aliphatic carbocycles. The lowest BCUT2D eigenvalue weighted by Crippen LogP contribution is -2.37. The van der Waals surface area contributed by atoms with Crippen molar-refractivity contribution in [3.05, 3.63) is 28.8 Å². The molecule has 0 saturated heterocycles. The zero-order valence-corrected chi connectivity index (χ0v) is 12.3. The molecule has 2 amide bonds. The molecular weight excluding hydrogens is 264 g/mol. The molecule has 19 heavy (non-hydrogen) atoms. The standard InChI is InChI=1S/C14H19ClN2O2/c1-4-5-8-17(3)14(19)13(18)16-11-7-6-10(2)12(15)9-11/h6-7,9H,4-5,8H2,1-3H3,(H,16,18). The number of hydrogen-bond acceptors (Lipinski definition) is 2. The molecule has 0 atom stereocenters. The minimum absolute atomic E-state index is 0.526. The second kappa shape index (κ2) is 7.14. The number of nitrogens with zero attached hydrogens (tertiary/aromatic N) is 1. The van der Waals surface area contributed by atoms with Gasteiger partial charge in [-0.3, -0.25) is 9.59 Å².